The molecule has 2 atom stereocenters. The SMILES string of the molecule is CC1OCCC1CNC1CC(NC(=O)OC(C)(C)C)C1. The van der Waals surface area contributed by atoms with E-state index in [0.717, 1.165) is 32.4 Å². The van der Waals surface area contributed by atoms with Crippen molar-refractivity contribution in [2.45, 2.75) is 70.7 Å². The van der Waals surface area contributed by atoms with E-state index in [-0.39, 0.29) is 12.1 Å². The largest absolute Gasteiger partial charge is 0.444 e. The van der Waals surface area contributed by atoms with E-state index in [1.54, 1.807) is 0 Å². The topological polar surface area (TPSA) is 59.6 Å². The van der Waals surface area contributed by atoms with E-state index < -0.39 is 5.60 Å². The molecule has 0 aromatic carbocycles. The Morgan fingerprint density at radius 2 is 2.00 bits per heavy atom. The molecule has 1 aliphatic heterocycles. The summed E-state index contributed by atoms with van der Waals surface area (Å²) in [4.78, 5) is 11.6. The molecule has 2 fully saturated rings. The maximum absolute atomic E-state index is 11.6. The van der Waals surface area contributed by atoms with Crippen molar-refractivity contribution in [2.75, 3.05) is 13.2 Å². The van der Waals surface area contributed by atoms with Crippen LogP contribution in [0, 0.1) is 5.92 Å². The minimum Gasteiger partial charge on any atom is -0.444 e. The summed E-state index contributed by atoms with van der Waals surface area (Å²) in [5.41, 5.74) is -0.426. The predicted octanol–water partition coefficient (Wildman–Crippen LogP) is 2.06. The molecule has 0 radical (unpaired) electrons. The molecule has 0 aromatic heterocycles. The van der Waals surface area contributed by atoms with Crippen molar-refractivity contribution in [3.8, 4) is 0 Å². The minimum absolute atomic E-state index is 0.250. The van der Waals surface area contributed by atoms with E-state index in [0.29, 0.717) is 18.1 Å². The second-order valence-electron chi connectivity index (χ2n) is 7.04. The van der Waals surface area contributed by atoms with Gasteiger partial charge in [0.15, 0.2) is 0 Å². The number of rotatable bonds is 4. The highest BCUT2D eigenvalue weighted by atomic mass is 16.6. The number of alkyl carbamates (subject to hydrolysis) is 1. The van der Waals surface area contributed by atoms with E-state index in [1.165, 1.54) is 0 Å². The van der Waals surface area contributed by atoms with Crippen LogP contribution in [-0.4, -0.2) is 43.0 Å². The zero-order valence-corrected chi connectivity index (χ0v) is 13.1. The summed E-state index contributed by atoms with van der Waals surface area (Å²) in [5.74, 6) is 0.632. The normalized spacial score (nSPS) is 33.6. The monoisotopic (exact) mass is 284 g/mol. The summed E-state index contributed by atoms with van der Waals surface area (Å²) in [7, 11) is 0. The summed E-state index contributed by atoms with van der Waals surface area (Å²) in [6, 6.07) is 0.766. The van der Waals surface area contributed by atoms with Gasteiger partial charge in [-0.1, -0.05) is 0 Å². The second-order valence-corrected chi connectivity index (χ2v) is 7.04. The lowest BCUT2D eigenvalue weighted by Gasteiger charge is -2.37. The van der Waals surface area contributed by atoms with Crippen molar-refractivity contribution < 1.29 is 14.3 Å². The van der Waals surface area contributed by atoms with Gasteiger partial charge in [-0.2, -0.15) is 0 Å². The number of nitrogens with one attached hydrogen (secondary N) is 2. The first-order valence-corrected chi connectivity index (χ1v) is 7.68. The van der Waals surface area contributed by atoms with Crippen LogP contribution in [0.25, 0.3) is 0 Å². The molecule has 2 unspecified atom stereocenters. The third-order valence-electron chi connectivity index (χ3n) is 4.06. The summed E-state index contributed by atoms with van der Waals surface area (Å²) >= 11 is 0. The third kappa shape index (κ3) is 4.63. The molecule has 0 spiro atoms. The average Bonchev–Trinajstić information content (AvgIpc) is 2.64. The van der Waals surface area contributed by atoms with Crippen LogP contribution in [-0.2, 0) is 9.47 Å². The van der Waals surface area contributed by atoms with Gasteiger partial charge in [-0.25, -0.2) is 4.79 Å². The molecule has 2 rings (SSSR count). The summed E-state index contributed by atoms with van der Waals surface area (Å²) in [5, 5.41) is 6.48. The van der Waals surface area contributed by atoms with E-state index in [2.05, 4.69) is 17.6 Å². The maximum atomic E-state index is 11.6. The van der Waals surface area contributed by atoms with Crippen LogP contribution in [0.5, 0.6) is 0 Å². The predicted molar refractivity (Wildman–Crippen MR) is 77.7 cm³/mol. The maximum Gasteiger partial charge on any atom is 0.407 e. The van der Waals surface area contributed by atoms with Crippen LogP contribution in [0.2, 0.25) is 0 Å². The van der Waals surface area contributed by atoms with Crippen LogP contribution < -0.4 is 10.6 Å². The van der Waals surface area contributed by atoms with Crippen LogP contribution in [0.1, 0.15) is 47.0 Å². The number of carbonyl (C=O) groups is 1. The molecule has 1 heterocycles. The van der Waals surface area contributed by atoms with Gasteiger partial charge in [-0.3, -0.25) is 0 Å². The number of carbonyl (C=O) groups excluding carboxylic acids is 1. The molecule has 2 aliphatic rings. The highest BCUT2D eigenvalue weighted by Gasteiger charge is 2.32. The number of ether oxygens (including phenoxy) is 2. The molecule has 1 amide bonds. The van der Waals surface area contributed by atoms with Gasteiger partial charge in [0, 0.05) is 25.2 Å². The molecule has 1 saturated carbocycles. The zero-order chi connectivity index (χ0) is 14.8. The smallest absolute Gasteiger partial charge is 0.407 e. The summed E-state index contributed by atoms with van der Waals surface area (Å²) in [6.45, 7) is 9.69. The Morgan fingerprint density at radius 3 is 2.55 bits per heavy atom. The fourth-order valence-electron chi connectivity index (χ4n) is 2.74. The number of hydrogen-bond acceptors (Lipinski definition) is 4. The first-order valence-electron chi connectivity index (χ1n) is 7.68. The van der Waals surface area contributed by atoms with Crippen molar-refractivity contribution in [3.05, 3.63) is 0 Å². The van der Waals surface area contributed by atoms with Gasteiger partial charge < -0.3 is 20.1 Å². The summed E-state index contributed by atoms with van der Waals surface area (Å²) in [6.07, 6.45) is 3.19. The lowest BCUT2D eigenvalue weighted by atomic mass is 9.86. The van der Waals surface area contributed by atoms with Gasteiger partial charge in [-0.05, 0) is 52.9 Å². The van der Waals surface area contributed by atoms with Gasteiger partial charge in [0.2, 0.25) is 0 Å². The Balaban J connectivity index is 1.57. The van der Waals surface area contributed by atoms with Gasteiger partial charge in [0.25, 0.3) is 0 Å². The molecule has 2 N–H and O–H groups in total. The Labute approximate surface area is 121 Å². The van der Waals surface area contributed by atoms with Gasteiger partial charge in [-0.15, -0.1) is 0 Å². The van der Waals surface area contributed by atoms with Gasteiger partial charge >= 0.3 is 6.09 Å². The van der Waals surface area contributed by atoms with E-state index in [9.17, 15) is 4.79 Å². The first-order chi connectivity index (χ1) is 9.33. The second kappa shape index (κ2) is 6.31. The lowest BCUT2D eigenvalue weighted by Crippen LogP contribution is -2.54. The average molecular weight is 284 g/mol. The first kappa shape index (κ1) is 15.6. The van der Waals surface area contributed by atoms with Crippen molar-refractivity contribution in [3.63, 3.8) is 0 Å². The van der Waals surface area contributed by atoms with Crippen LogP contribution in [0.3, 0.4) is 0 Å². The Morgan fingerprint density at radius 1 is 1.30 bits per heavy atom. The van der Waals surface area contributed by atoms with Crippen LogP contribution >= 0.6 is 0 Å². The van der Waals surface area contributed by atoms with Gasteiger partial charge in [0.1, 0.15) is 5.60 Å². The van der Waals surface area contributed by atoms with Crippen molar-refractivity contribution in [2.24, 2.45) is 5.92 Å². The fraction of sp³-hybridized carbons (Fsp3) is 0.933. The zero-order valence-electron chi connectivity index (χ0n) is 13.1. The van der Waals surface area contributed by atoms with E-state index >= 15 is 0 Å². The molecule has 5 nitrogen and oxygen atoms in total. The van der Waals surface area contributed by atoms with Crippen LogP contribution in [0.15, 0.2) is 0 Å². The Bertz CT molecular complexity index is 335. The molecule has 1 aliphatic carbocycles. The molecule has 20 heavy (non-hydrogen) atoms. The highest BCUT2D eigenvalue weighted by molar-refractivity contribution is 5.68. The Hall–Kier alpha value is -0.810. The standard InChI is InChI=1S/C15H28N2O3/c1-10-11(5-6-19-10)9-16-12-7-13(8-12)17-14(18)20-15(2,3)4/h10-13,16H,5-9H2,1-4H3,(H,17,18). The molecular weight excluding hydrogens is 256 g/mol. The Kier molecular flexibility index (Phi) is 4.91. The lowest BCUT2D eigenvalue weighted by molar-refractivity contribution is 0.0463. The molecule has 1 saturated heterocycles. The number of hydrogen-bond donors (Lipinski definition) is 2. The van der Waals surface area contributed by atoms with Crippen molar-refractivity contribution in [1.29, 1.82) is 0 Å². The molecule has 5 heteroatoms. The highest BCUT2D eigenvalue weighted by Crippen LogP contribution is 2.23. The van der Waals surface area contributed by atoms with Gasteiger partial charge in [0.05, 0.1) is 6.10 Å². The van der Waals surface area contributed by atoms with E-state index in [4.69, 9.17) is 9.47 Å². The minimum atomic E-state index is -0.426. The fourth-order valence-corrected chi connectivity index (χ4v) is 2.74. The quantitative estimate of drug-likeness (QED) is 0.829. The summed E-state index contributed by atoms with van der Waals surface area (Å²) < 4.78 is 10.8. The third-order valence-corrected chi connectivity index (χ3v) is 4.06. The van der Waals surface area contributed by atoms with Crippen molar-refractivity contribution >= 4 is 6.09 Å². The van der Waals surface area contributed by atoms with Crippen molar-refractivity contribution in [1.82, 2.24) is 10.6 Å². The number of amides is 1. The molecule has 0 bridgehead atoms. The molecular formula is C15H28N2O3. The molecule has 0 aromatic rings. The van der Waals surface area contributed by atoms with Crippen LogP contribution in [0.4, 0.5) is 4.79 Å². The van der Waals surface area contributed by atoms with E-state index in [1.807, 2.05) is 20.8 Å². The molecule has 116 valence electrons.